The second-order valence-electron chi connectivity index (χ2n) is 8.67. The molecule has 3 heterocycles. The average molecular weight is 390 g/mol. The van der Waals surface area contributed by atoms with E-state index >= 15 is 0 Å². The molecule has 7 nitrogen and oxygen atoms in total. The minimum atomic E-state index is 0.0611. The van der Waals surface area contributed by atoms with Gasteiger partial charge >= 0.3 is 0 Å². The number of nitrogens with two attached hydrogens (primary N) is 1. The quantitative estimate of drug-likeness (QED) is 0.687. The normalized spacial score (nSPS) is 14.4. The van der Waals surface area contributed by atoms with Gasteiger partial charge in [-0.15, -0.1) is 0 Å². The first-order valence-corrected chi connectivity index (χ1v) is 9.85. The molecule has 0 fully saturated rings. The third-order valence-corrected chi connectivity index (χ3v) is 4.97. The van der Waals surface area contributed by atoms with Gasteiger partial charge in [-0.2, -0.15) is 5.10 Å². The van der Waals surface area contributed by atoms with E-state index in [4.69, 9.17) is 10.8 Å². The highest BCUT2D eigenvalue weighted by Crippen LogP contribution is 2.32. The fraction of sp³-hybridized carbons (Fsp3) is 0.364. The number of hydrogen-bond acceptors (Lipinski definition) is 6. The van der Waals surface area contributed by atoms with Crippen LogP contribution in [0.2, 0.25) is 0 Å². The van der Waals surface area contributed by atoms with Crippen LogP contribution < -0.4 is 11.1 Å². The molecule has 29 heavy (non-hydrogen) atoms. The van der Waals surface area contributed by atoms with Gasteiger partial charge in [-0.25, -0.2) is 14.6 Å². The maximum absolute atomic E-state index is 6.16. The van der Waals surface area contributed by atoms with E-state index in [9.17, 15) is 0 Å². The summed E-state index contributed by atoms with van der Waals surface area (Å²) in [5.41, 5.74) is 12.0. The lowest BCUT2D eigenvalue weighted by atomic mass is 9.90. The first kappa shape index (κ1) is 19.1. The summed E-state index contributed by atoms with van der Waals surface area (Å²) in [6, 6.07) is 8.36. The minimum absolute atomic E-state index is 0.0611. The van der Waals surface area contributed by atoms with Crippen molar-refractivity contribution in [2.45, 2.75) is 40.7 Å². The standard InChI is InChI=1S/C22H27N7/c1-13(2)29-21-18(20(23)25-12-26-21)19(28-29)14-6-8-15(9-7-14)27-16-10-17(24-11-16)22(3,4)5/h6-10,12-13,27H,11H2,1-5H3,(H2,23,25,26). The highest BCUT2D eigenvalue weighted by molar-refractivity contribution is 6.01. The lowest BCUT2D eigenvalue weighted by molar-refractivity contribution is 0.548. The van der Waals surface area contributed by atoms with Crippen LogP contribution in [0.1, 0.15) is 40.7 Å². The molecule has 0 spiro atoms. The van der Waals surface area contributed by atoms with E-state index in [1.54, 1.807) is 0 Å². The first-order chi connectivity index (χ1) is 13.7. The molecule has 0 bridgehead atoms. The zero-order chi connectivity index (χ0) is 20.8. The van der Waals surface area contributed by atoms with Gasteiger partial charge in [-0.3, -0.25) is 4.99 Å². The van der Waals surface area contributed by atoms with Crippen molar-refractivity contribution in [3.05, 3.63) is 42.4 Å². The summed E-state index contributed by atoms with van der Waals surface area (Å²) in [6.45, 7) is 11.4. The van der Waals surface area contributed by atoms with Crippen LogP contribution in [0.25, 0.3) is 22.3 Å². The molecule has 0 unspecified atom stereocenters. The molecule has 1 aliphatic heterocycles. The number of hydrogen-bond donors (Lipinski definition) is 2. The Bertz CT molecular complexity index is 1110. The van der Waals surface area contributed by atoms with Crippen LogP contribution in [0.4, 0.5) is 11.5 Å². The van der Waals surface area contributed by atoms with Gasteiger partial charge in [0.2, 0.25) is 0 Å². The van der Waals surface area contributed by atoms with E-state index in [0.29, 0.717) is 12.4 Å². The van der Waals surface area contributed by atoms with Gasteiger partial charge < -0.3 is 11.1 Å². The second kappa shape index (κ2) is 6.99. The van der Waals surface area contributed by atoms with Crippen molar-refractivity contribution in [2.75, 3.05) is 17.6 Å². The number of rotatable bonds is 4. The third kappa shape index (κ3) is 3.60. The molecule has 1 aliphatic rings. The van der Waals surface area contributed by atoms with Gasteiger partial charge in [0.15, 0.2) is 5.65 Å². The van der Waals surface area contributed by atoms with Crippen molar-refractivity contribution in [1.29, 1.82) is 0 Å². The molecule has 0 aliphatic carbocycles. The van der Waals surface area contributed by atoms with Crippen LogP contribution in [-0.2, 0) is 0 Å². The summed E-state index contributed by atoms with van der Waals surface area (Å²) in [5.74, 6) is 0.446. The number of nitrogens with one attached hydrogen (secondary N) is 1. The number of anilines is 2. The Morgan fingerprint density at radius 3 is 2.45 bits per heavy atom. The largest absolute Gasteiger partial charge is 0.383 e. The summed E-state index contributed by atoms with van der Waals surface area (Å²) < 4.78 is 1.89. The summed E-state index contributed by atoms with van der Waals surface area (Å²) in [4.78, 5) is 13.2. The van der Waals surface area contributed by atoms with E-state index in [1.165, 1.54) is 6.33 Å². The van der Waals surface area contributed by atoms with E-state index in [-0.39, 0.29) is 11.5 Å². The van der Waals surface area contributed by atoms with E-state index in [0.717, 1.165) is 39.4 Å². The summed E-state index contributed by atoms with van der Waals surface area (Å²) in [5, 5.41) is 9.03. The Hall–Kier alpha value is -3.22. The molecular weight excluding hydrogens is 362 g/mol. The molecule has 150 valence electrons. The third-order valence-electron chi connectivity index (χ3n) is 4.97. The fourth-order valence-electron chi connectivity index (χ4n) is 3.41. The summed E-state index contributed by atoms with van der Waals surface area (Å²) in [6.07, 6.45) is 3.63. The van der Waals surface area contributed by atoms with Gasteiger partial charge in [-0.05, 0) is 32.1 Å². The fourth-order valence-corrected chi connectivity index (χ4v) is 3.41. The Balaban J connectivity index is 1.63. The number of fused-ring (bicyclic) bond motifs is 1. The lowest BCUT2D eigenvalue weighted by Crippen LogP contribution is -2.16. The van der Waals surface area contributed by atoms with Crippen molar-refractivity contribution in [2.24, 2.45) is 10.4 Å². The predicted molar refractivity (Wildman–Crippen MR) is 119 cm³/mol. The van der Waals surface area contributed by atoms with Gasteiger partial charge in [0.1, 0.15) is 17.8 Å². The molecule has 4 rings (SSSR count). The Morgan fingerprint density at radius 2 is 1.83 bits per heavy atom. The highest BCUT2D eigenvalue weighted by Gasteiger charge is 2.21. The molecule has 0 saturated carbocycles. The monoisotopic (exact) mass is 389 g/mol. The molecule has 0 radical (unpaired) electrons. The molecule has 0 atom stereocenters. The highest BCUT2D eigenvalue weighted by atomic mass is 15.3. The van der Waals surface area contributed by atoms with Crippen molar-refractivity contribution in [3.8, 4) is 11.3 Å². The number of allylic oxidation sites excluding steroid dienone is 1. The van der Waals surface area contributed by atoms with Crippen LogP contribution in [0, 0.1) is 5.41 Å². The lowest BCUT2D eigenvalue weighted by Gasteiger charge is -2.16. The van der Waals surface area contributed by atoms with E-state index in [1.807, 2.05) is 28.9 Å². The van der Waals surface area contributed by atoms with Crippen LogP contribution in [-0.4, -0.2) is 32.0 Å². The molecule has 7 heteroatoms. The van der Waals surface area contributed by atoms with Crippen LogP contribution in [0.15, 0.2) is 47.4 Å². The zero-order valence-electron chi connectivity index (χ0n) is 17.6. The van der Waals surface area contributed by atoms with Crippen LogP contribution in [0.5, 0.6) is 0 Å². The van der Waals surface area contributed by atoms with Gasteiger partial charge in [0.25, 0.3) is 0 Å². The first-order valence-electron chi connectivity index (χ1n) is 9.85. The van der Waals surface area contributed by atoms with E-state index in [2.05, 4.69) is 61.0 Å². The molecule has 3 aromatic rings. The second-order valence-corrected chi connectivity index (χ2v) is 8.67. The Kier molecular flexibility index (Phi) is 4.61. The van der Waals surface area contributed by atoms with Crippen molar-refractivity contribution in [1.82, 2.24) is 19.7 Å². The molecule has 0 amide bonds. The van der Waals surface area contributed by atoms with E-state index < -0.39 is 0 Å². The number of nitrogens with zero attached hydrogens (tertiary/aromatic N) is 5. The number of aliphatic imine (C=N–C) groups is 1. The number of nitrogen functional groups attached to an aromatic ring is 1. The molecular formula is C22H27N7. The Labute approximate surface area is 170 Å². The predicted octanol–water partition coefficient (Wildman–Crippen LogP) is 4.45. The molecule has 1 aromatic carbocycles. The average Bonchev–Trinajstić information content (AvgIpc) is 3.28. The molecule has 2 aromatic heterocycles. The number of aromatic nitrogens is 4. The van der Waals surface area contributed by atoms with Gasteiger partial charge in [0.05, 0.1) is 11.9 Å². The maximum Gasteiger partial charge on any atom is 0.164 e. The van der Waals surface area contributed by atoms with Crippen molar-refractivity contribution >= 4 is 28.3 Å². The van der Waals surface area contributed by atoms with Crippen molar-refractivity contribution < 1.29 is 0 Å². The topological polar surface area (TPSA) is 94.0 Å². The van der Waals surface area contributed by atoms with Crippen LogP contribution in [0.3, 0.4) is 0 Å². The Morgan fingerprint density at radius 1 is 1.10 bits per heavy atom. The summed E-state index contributed by atoms with van der Waals surface area (Å²) in [7, 11) is 0. The smallest absolute Gasteiger partial charge is 0.164 e. The van der Waals surface area contributed by atoms with Gasteiger partial charge in [-0.1, -0.05) is 32.9 Å². The number of benzene rings is 1. The zero-order valence-corrected chi connectivity index (χ0v) is 17.6. The van der Waals surface area contributed by atoms with Gasteiger partial charge in [0, 0.05) is 34.1 Å². The molecule has 0 saturated heterocycles. The molecule has 3 N–H and O–H groups in total. The summed E-state index contributed by atoms with van der Waals surface area (Å²) >= 11 is 0. The van der Waals surface area contributed by atoms with Crippen molar-refractivity contribution in [3.63, 3.8) is 0 Å². The van der Waals surface area contributed by atoms with Crippen LogP contribution >= 0.6 is 0 Å². The maximum atomic E-state index is 6.16. The minimum Gasteiger partial charge on any atom is -0.383 e. The SMILES string of the molecule is CC(C)n1nc(-c2ccc(NC3=CC(C(C)(C)C)=NC3)cc2)c2c(N)ncnc21.